The summed E-state index contributed by atoms with van der Waals surface area (Å²) in [5, 5.41) is 2.86. The van der Waals surface area contributed by atoms with Gasteiger partial charge in [0.2, 0.25) is 0 Å². The molecule has 4 rings (SSSR count). The molecule has 0 radical (unpaired) electrons. The van der Waals surface area contributed by atoms with E-state index in [-0.39, 0.29) is 23.9 Å². The van der Waals surface area contributed by atoms with Crippen molar-refractivity contribution in [1.29, 1.82) is 0 Å². The lowest BCUT2D eigenvalue weighted by atomic mass is 10.0. The number of benzene rings is 2. The fraction of sp³-hybridized carbons (Fsp3) is 0.286. The maximum Gasteiger partial charge on any atom is 0.322 e. The molecule has 0 saturated carbocycles. The molecule has 2 aliphatic heterocycles. The lowest BCUT2D eigenvalue weighted by molar-refractivity contribution is 0.0609. The molecule has 0 aliphatic carbocycles. The van der Waals surface area contributed by atoms with Crippen LogP contribution in [0, 0.1) is 0 Å². The topological polar surface area (TPSA) is 69.7 Å². The molecule has 0 atom stereocenters. The minimum Gasteiger partial charge on any atom is -0.320 e. The zero-order valence-corrected chi connectivity index (χ0v) is 15.4. The lowest BCUT2D eigenvalue weighted by Gasteiger charge is -2.29. The number of carbonyl (C=O) groups excluding carboxylic acids is 3. The number of imide groups is 1. The normalized spacial score (nSPS) is 15.8. The van der Waals surface area contributed by atoms with E-state index < -0.39 is 0 Å². The first-order valence-electron chi connectivity index (χ1n) is 9.10. The molecule has 0 fully saturated rings. The van der Waals surface area contributed by atoms with Gasteiger partial charge in [-0.15, -0.1) is 0 Å². The van der Waals surface area contributed by atoms with Crippen molar-refractivity contribution in [2.45, 2.75) is 32.9 Å². The van der Waals surface area contributed by atoms with Gasteiger partial charge in [0.15, 0.2) is 0 Å². The average Bonchev–Trinajstić information content (AvgIpc) is 2.91. The third-order valence-corrected chi connectivity index (χ3v) is 5.10. The Morgan fingerprint density at radius 2 is 1.70 bits per heavy atom. The SMILES string of the molecule is CC(C)N1C(=O)c2ccc(NC(=O)N3CCc4ccccc4C3)cc2C1=O. The van der Waals surface area contributed by atoms with Gasteiger partial charge in [0.1, 0.15) is 0 Å². The molecule has 6 nitrogen and oxygen atoms in total. The van der Waals surface area contributed by atoms with Crippen molar-refractivity contribution < 1.29 is 14.4 Å². The van der Waals surface area contributed by atoms with Gasteiger partial charge < -0.3 is 10.2 Å². The molecule has 4 amide bonds. The van der Waals surface area contributed by atoms with Crippen molar-refractivity contribution in [2.75, 3.05) is 11.9 Å². The van der Waals surface area contributed by atoms with Crippen molar-refractivity contribution in [3.05, 3.63) is 64.7 Å². The molecule has 0 saturated heterocycles. The van der Waals surface area contributed by atoms with Gasteiger partial charge in [-0.1, -0.05) is 24.3 Å². The number of rotatable bonds is 2. The summed E-state index contributed by atoms with van der Waals surface area (Å²) in [6.45, 7) is 4.81. The van der Waals surface area contributed by atoms with Crippen LogP contribution >= 0.6 is 0 Å². The Morgan fingerprint density at radius 3 is 2.44 bits per heavy atom. The predicted molar refractivity (Wildman–Crippen MR) is 102 cm³/mol. The number of hydrogen-bond acceptors (Lipinski definition) is 3. The second kappa shape index (κ2) is 6.54. The van der Waals surface area contributed by atoms with Crippen LogP contribution in [-0.4, -0.2) is 40.2 Å². The van der Waals surface area contributed by atoms with Gasteiger partial charge in [0.05, 0.1) is 11.1 Å². The Morgan fingerprint density at radius 1 is 1.00 bits per heavy atom. The van der Waals surface area contributed by atoms with Crippen molar-refractivity contribution >= 4 is 23.5 Å². The first-order chi connectivity index (χ1) is 13.0. The minimum atomic E-state index is -0.312. The van der Waals surface area contributed by atoms with E-state index in [0.29, 0.717) is 29.9 Å². The molecular formula is C21H21N3O3. The standard InChI is InChI=1S/C21H21N3O3/c1-13(2)24-19(25)17-8-7-16(11-18(17)20(24)26)22-21(27)23-10-9-14-5-3-4-6-15(14)12-23/h3-8,11,13H,9-10,12H2,1-2H3,(H,22,27). The summed E-state index contributed by atoms with van der Waals surface area (Å²) in [6.07, 6.45) is 0.824. The van der Waals surface area contributed by atoms with E-state index in [1.807, 2.05) is 18.2 Å². The zero-order chi connectivity index (χ0) is 19.1. The largest absolute Gasteiger partial charge is 0.322 e. The van der Waals surface area contributed by atoms with Gasteiger partial charge >= 0.3 is 6.03 Å². The van der Waals surface area contributed by atoms with Gasteiger partial charge in [-0.3, -0.25) is 14.5 Å². The van der Waals surface area contributed by atoms with E-state index in [1.54, 1.807) is 36.9 Å². The van der Waals surface area contributed by atoms with E-state index in [2.05, 4.69) is 11.4 Å². The predicted octanol–water partition coefficient (Wildman–Crippen LogP) is 3.28. The molecule has 0 unspecified atom stereocenters. The summed E-state index contributed by atoms with van der Waals surface area (Å²) >= 11 is 0. The Hall–Kier alpha value is -3.15. The molecule has 0 aromatic heterocycles. The maximum absolute atomic E-state index is 12.6. The minimum absolute atomic E-state index is 0.205. The van der Waals surface area contributed by atoms with E-state index in [4.69, 9.17) is 0 Å². The first-order valence-corrected chi connectivity index (χ1v) is 9.10. The maximum atomic E-state index is 12.6. The third-order valence-electron chi connectivity index (χ3n) is 5.10. The van der Waals surface area contributed by atoms with E-state index in [9.17, 15) is 14.4 Å². The molecule has 2 aromatic rings. The molecule has 1 N–H and O–H groups in total. The summed E-state index contributed by atoms with van der Waals surface area (Å²) in [7, 11) is 0. The van der Waals surface area contributed by atoms with Crippen LogP contribution in [0.4, 0.5) is 10.5 Å². The molecule has 27 heavy (non-hydrogen) atoms. The summed E-state index contributed by atoms with van der Waals surface area (Å²) in [5.74, 6) is -0.594. The van der Waals surface area contributed by atoms with Gasteiger partial charge in [-0.25, -0.2) is 4.79 Å². The summed E-state index contributed by atoms with van der Waals surface area (Å²) in [4.78, 5) is 40.5. The summed E-state index contributed by atoms with van der Waals surface area (Å²) in [5.41, 5.74) is 3.68. The van der Waals surface area contributed by atoms with Crippen molar-refractivity contribution in [2.24, 2.45) is 0 Å². The van der Waals surface area contributed by atoms with Crippen molar-refractivity contribution in [1.82, 2.24) is 9.80 Å². The second-order valence-electron chi connectivity index (χ2n) is 7.20. The number of urea groups is 1. The Kier molecular flexibility index (Phi) is 4.18. The molecule has 6 heteroatoms. The second-order valence-corrected chi connectivity index (χ2v) is 7.20. The number of carbonyl (C=O) groups is 3. The van der Waals surface area contributed by atoms with Gasteiger partial charge in [-0.2, -0.15) is 0 Å². The number of amides is 4. The van der Waals surface area contributed by atoms with Crippen LogP contribution in [0.25, 0.3) is 0 Å². The fourth-order valence-electron chi connectivity index (χ4n) is 3.68. The summed E-state index contributed by atoms with van der Waals surface area (Å²) < 4.78 is 0. The molecule has 2 heterocycles. The van der Waals surface area contributed by atoms with Gasteiger partial charge in [-0.05, 0) is 49.6 Å². The molecule has 138 valence electrons. The number of nitrogens with one attached hydrogen (secondary N) is 1. The number of fused-ring (bicyclic) bond motifs is 2. The summed E-state index contributed by atoms with van der Waals surface area (Å²) in [6, 6.07) is 12.6. The highest BCUT2D eigenvalue weighted by Crippen LogP contribution is 2.28. The number of nitrogens with zero attached hydrogens (tertiary/aromatic N) is 2. The monoisotopic (exact) mass is 363 g/mol. The fourth-order valence-corrected chi connectivity index (χ4v) is 3.68. The van der Waals surface area contributed by atoms with Crippen LogP contribution in [0.2, 0.25) is 0 Å². The van der Waals surface area contributed by atoms with Crippen LogP contribution in [0.1, 0.15) is 45.7 Å². The lowest BCUT2D eigenvalue weighted by Crippen LogP contribution is -2.38. The molecule has 2 aromatic carbocycles. The highest BCUT2D eigenvalue weighted by Gasteiger charge is 2.37. The first kappa shape index (κ1) is 17.3. The van der Waals surface area contributed by atoms with Crippen LogP contribution in [0.3, 0.4) is 0 Å². The van der Waals surface area contributed by atoms with Crippen LogP contribution in [0.5, 0.6) is 0 Å². The smallest absolute Gasteiger partial charge is 0.320 e. The Balaban J connectivity index is 1.51. The van der Waals surface area contributed by atoms with E-state index >= 15 is 0 Å². The van der Waals surface area contributed by atoms with Gasteiger partial charge in [0, 0.05) is 24.8 Å². The molecule has 2 aliphatic rings. The third kappa shape index (κ3) is 2.97. The molecule has 0 spiro atoms. The van der Waals surface area contributed by atoms with Gasteiger partial charge in [0.25, 0.3) is 11.8 Å². The average molecular weight is 363 g/mol. The number of hydrogen-bond donors (Lipinski definition) is 1. The van der Waals surface area contributed by atoms with Crippen LogP contribution in [-0.2, 0) is 13.0 Å². The molecular weight excluding hydrogens is 342 g/mol. The Labute approximate surface area is 157 Å². The quantitative estimate of drug-likeness (QED) is 0.833. The van der Waals surface area contributed by atoms with E-state index in [0.717, 1.165) is 12.0 Å². The highest BCUT2D eigenvalue weighted by atomic mass is 16.2. The molecule has 0 bridgehead atoms. The van der Waals surface area contributed by atoms with Crippen LogP contribution in [0.15, 0.2) is 42.5 Å². The Bertz CT molecular complexity index is 951. The van der Waals surface area contributed by atoms with Crippen molar-refractivity contribution in [3.63, 3.8) is 0 Å². The van der Waals surface area contributed by atoms with Crippen LogP contribution < -0.4 is 5.32 Å². The highest BCUT2D eigenvalue weighted by molar-refractivity contribution is 6.22. The zero-order valence-electron chi connectivity index (χ0n) is 15.4. The van der Waals surface area contributed by atoms with E-state index in [1.165, 1.54) is 10.5 Å². The van der Waals surface area contributed by atoms with Crippen molar-refractivity contribution in [3.8, 4) is 0 Å². The number of anilines is 1.